The van der Waals surface area contributed by atoms with Crippen LogP contribution in [0.25, 0.3) is 22.8 Å². The van der Waals surface area contributed by atoms with E-state index in [0.717, 1.165) is 20.1 Å². The van der Waals surface area contributed by atoms with Gasteiger partial charge in [0.1, 0.15) is 0 Å². The minimum atomic E-state index is 0.416. The Kier molecular flexibility index (Phi) is 3.54. The molecule has 100 valence electrons. The number of anilines is 1. The van der Waals surface area contributed by atoms with Gasteiger partial charge in [-0.25, -0.2) is 0 Å². The number of pyridine rings is 1. The first-order chi connectivity index (χ1) is 9.63. The van der Waals surface area contributed by atoms with E-state index in [2.05, 4.69) is 47.0 Å². The summed E-state index contributed by atoms with van der Waals surface area (Å²) in [5, 5.41) is 3.96. The molecular formula is C13H8Br2N4O. The Bertz CT molecular complexity index is 773. The molecule has 2 N–H and O–H groups in total. The van der Waals surface area contributed by atoms with E-state index in [4.69, 9.17) is 10.3 Å². The van der Waals surface area contributed by atoms with Gasteiger partial charge in [0.2, 0.25) is 5.82 Å². The van der Waals surface area contributed by atoms with Gasteiger partial charge in [-0.2, -0.15) is 4.98 Å². The summed E-state index contributed by atoms with van der Waals surface area (Å²) in [5.74, 6) is 0.898. The van der Waals surface area contributed by atoms with Crippen LogP contribution < -0.4 is 5.73 Å². The van der Waals surface area contributed by atoms with E-state index in [1.165, 1.54) is 0 Å². The van der Waals surface area contributed by atoms with Crippen molar-refractivity contribution in [2.75, 3.05) is 5.73 Å². The number of benzene rings is 1. The van der Waals surface area contributed by atoms with Crippen LogP contribution in [0.15, 0.2) is 50.1 Å². The molecule has 0 aliphatic rings. The molecule has 0 saturated heterocycles. The first kappa shape index (κ1) is 13.3. The molecule has 20 heavy (non-hydrogen) atoms. The molecule has 0 bridgehead atoms. The van der Waals surface area contributed by atoms with Crippen LogP contribution in [0.5, 0.6) is 0 Å². The third kappa shape index (κ3) is 2.59. The highest BCUT2D eigenvalue weighted by molar-refractivity contribution is 9.10. The molecule has 0 unspecified atom stereocenters. The number of aromatic nitrogens is 3. The van der Waals surface area contributed by atoms with Gasteiger partial charge in [0.05, 0.1) is 0 Å². The highest BCUT2D eigenvalue weighted by atomic mass is 79.9. The van der Waals surface area contributed by atoms with E-state index in [0.29, 0.717) is 17.4 Å². The predicted molar refractivity (Wildman–Crippen MR) is 82.8 cm³/mol. The molecule has 0 saturated carbocycles. The van der Waals surface area contributed by atoms with Crippen LogP contribution in [0.2, 0.25) is 0 Å². The first-order valence-electron chi connectivity index (χ1n) is 5.63. The Balaban J connectivity index is 1.99. The molecule has 3 rings (SSSR count). The Hall–Kier alpha value is -1.73. The normalized spacial score (nSPS) is 10.7. The second kappa shape index (κ2) is 5.34. The van der Waals surface area contributed by atoms with Gasteiger partial charge in [0, 0.05) is 38.2 Å². The highest BCUT2D eigenvalue weighted by Crippen LogP contribution is 2.27. The molecule has 5 nitrogen and oxygen atoms in total. The van der Waals surface area contributed by atoms with Crippen LogP contribution in [0.4, 0.5) is 5.69 Å². The Morgan fingerprint density at radius 1 is 1.05 bits per heavy atom. The lowest BCUT2D eigenvalue weighted by Crippen LogP contribution is -1.88. The molecule has 2 heterocycles. The van der Waals surface area contributed by atoms with Crippen LogP contribution in [-0.2, 0) is 0 Å². The number of nitrogens with zero attached hydrogens (tertiary/aromatic N) is 3. The minimum absolute atomic E-state index is 0.416. The van der Waals surface area contributed by atoms with Gasteiger partial charge in [0.15, 0.2) is 0 Å². The van der Waals surface area contributed by atoms with Gasteiger partial charge in [-0.1, -0.05) is 5.16 Å². The molecule has 3 aromatic rings. The lowest BCUT2D eigenvalue weighted by atomic mass is 10.2. The Morgan fingerprint density at radius 3 is 2.65 bits per heavy atom. The predicted octanol–water partition coefficient (Wildman–Crippen LogP) is 3.91. The van der Waals surface area contributed by atoms with Crippen molar-refractivity contribution in [2.45, 2.75) is 0 Å². The van der Waals surface area contributed by atoms with E-state index in [1.54, 1.807) is 18.5 Å². The van der Waals surface area contributed by atoms with Crippen molar-refractivity contribution in [3.05, 3.63) is 45.6 Å². The van der Waals surface area contributed by atoms with E-state index in [-0.39, 0.29) is 0 Å². The first-order valence-corrected chi connectivity index (χ1v) is 7.22. The lowest BCUT2D eigenvalue weighted by molar-refractivity contribution is 0.432. The van der Waals surface area contributed by atoms with E-state index < -0.39 is 0 Å². The van der Waals surface area contributed by atoms with Gasteiger partial charge >= 0.3 is 0 Å². The number of nitrogen functional groups attached to an aromatic ring is 1. The molecule has 1 aromatic carbocycles. The fourth-order valence-corrected chi connectivity index (χ4v) is 2.28. The van der Waals surface area contributed by atoms with Crippen molar-refractivity contribution >= 4 is 37.5 Å². The monoisotopic (exact) mass is 394 g/mol. The van der Waals surface area contributed by atoms with Gasteiger partial charge in [-0.05, 0) is 56.1 Å². The summed E-state index contributed by atoms with van der Waals surface area (Å²) in [5.41, 5.74) is 8.01. The highest BCUT2D eigenvalue weighted by Gasteiger charge is 2.12. The zero-order valence-electron chi connectivity index (χ0n) is 10.0. The molecule has 2 aromatic heterocycles. The molecule has 0 atom stereocenters. The maximum absolute atomic E-state index is 5.84. The van der Waals surface area contributed by atoms with Gasteiger partial charge in [-0.3, -0.25) is 4.98 Å². The molecule has 0 aliphatic heterocycles. The molecule has 0 aliphatic carbocycles. The third-order valence-corrected chi connectivity index (χ3v) is 3.79. The maximum atomic E-state index is 5.84. The van der Waals surface area contributed by atoms with E-state index >= 15 is 0 Å². The molecule has 7 heteroatoms. The van der Waals surface area contributed by atoms with Crippen LogP contribution in [0.1, 0.15) is 0 Å². The molecular weight excluding hydrogens is 388 g/mol. The SMILES string of the molecule is Nc1cc(-c2nc(-c3cncc(Br)c3)no2)ccc1Br. The Labute approximate surface area is 131 Å². The lowest BCUT2D eigenvalue weighted by Gasteiger charge is -1.99. The van der Waals surface area contributed by atoms with Crippen molar-refractivity contribution in [3.8, 4) is 22.8 Å². The summed E-state index contributed by atoms with van der Waals surface area (Å²) in [4.78, 5) is 8.43. The quantitative estimate of drug-likeness (QED) is 0.665. The van der Waals surface area contributed by atoms with Crippen molar-refractivity contribution in [2.24, 2.45) is 0 Å². The fraction of sp³-hybridized carbons (Fsp3) is 0. The summed E-state index contributed by atoms with van der Waals surface area (Å²) in [6, 6.07) is 7.35. The standard InChI is InChI=1S/C13H8Br2N4O/c14-9-3-8(5-17-6-9)12-18-13(20-19-12)7-1-2-10(15)11(16)4-7/h1-6H,16H2. The minimum Gasteiger partial charge on any atom is -0.398 e. The smallest absolute Gasteiger partial charge is 0.258 e. The van der Waals surface area contributed by atoms with Crippen molar-refractivity contribution in [1.29, 1.82) is 0 Å². The molecule has 0 radical (unpaired) electrons. The van der Waals surface area contributed by atoms with Crippen LogP contribution in [0, 0.1) is 0 Å². The fourth-order valence-electron chi connectivity index (χ4n) is 1.67. The average molecular weight is 396 g/mol. The topological polar surface area (TPSA) is 77.8 Å². The van der Waals surface area contributed by atoms with Crippen LogP contribution >= 0.6 is 31.9 Å². The summed E-state index contributed by atoms with van der Waals surface area (Å²) >= 11 is 6.70. The van der Waals surface area contributed by atoms with Gasteiger partial charge < -0.3 is 10.3 Å². The van der Waals surface area contributed by atoms with Crippen LogP contribution in [-0.4, -0.2) is 15.1 Å². The zero-order chi connectivity index (χ0) is 14.1. The molecule has 0 fully saturated rings. The number of halogens is 2. The van der Waals surface area contributed by atoms with E-state index in [1.807, 2.05) is 18.2 Å². The van der Waals surface area contributed by atoms with E-state index in [9.17, 15) is 0 Å². The number of rotatable bonds is 2. The number of nitrogens with two attached hydrogens (primary N) is 1. The summed E-state index contributed by atoms with van der Waals surface area (Å²) in [6.07, 6.45) is 3.37. The average Bonchev–Trinajstić information content (AvgIpc) is 2.92. The second-order valence-corrected chi connectivity index (χ2v) is 5.82. The number of hydrogen-bond acceptors (Lipinski definition) is 5. The van der Waals surface area contributed by atoms with Gasteiger partial charge in [-0.15, -0.1) is 0 Å². The van der Waals surface area contributed by atoms with Gasteiger partial charge in [0.25, 0.3) is 5.89 Å². The molecule has 0 spiro atoms. The number of hydrogen-bond donors (Lipinski definition) is 1. The maximum Gasteiger partial charge on any atom is 0.258 e. The third-order valence-electron chi connectivity index (χ3n) is 2.63. The Morgan fingerprint density at radius 2 is 1.90 bits per heavy atom. The van der Waals surface area contributed by atoms with Crippen molar-refractivity contribution in [1.82, 2.24) is 15.1 Å². The molecule has 0 amide bonds. The second-order valence-electron chi connectivity index (χ2n) is 4.05. The van der Waals surface area contributed by atoms with Crippen molar-refractivity contribution in [3.63, 3.8) is 0 Å². The van der Waals surface area contributed by atoms with Crippen LogP contribution in [0.3, 0.4) is 0 Å². The summed E-state index contributed by atoms with van der Waals surface area (Å²) < 4.78 is 6.95. The summed E-state index contributed by atoms with van der Waals surface area (Å²) in [7, 11) is 0. The summed E-state index contributed by atoms with van der Waals surface area (Å²) in [6.45, 7) is 0. The van der Waals surface area contributed by atoms with Crippen molar-refractivity contribution < 1.29 is 4.52 Å². The zero-order valence-corrected chi connectivity index (χ0v) is 13.2. The largest absolute Gasteiger partial charge is 0.398 e.